The molecule has 0 radical (unpaired) electrons. The highest BCUT2D eigenvalue weighted by Crippen LogP contribution is 2.51. The molecule has 0 saturated carbocycles. The van der Waals surface area contributed by atoms with Gasteiger partial charge in [-0.25, -0.2) is 8.42 Å². The number of rotatable bonds is 24. The predicted octanol–water partition coefficient (Wildman–Crippen LogP) is 8.29. The second kappa shape index (κ2) is 20.8. The molecule has 60 heavy (non-hydrogen) atoms. The number of carbonyl (C=O) groups excluding carboxylic acids is 1. The predicted molar refractivity (Wildman–Crippen MR) is 232 cm³/mol. The van der Waals surface area contributed by atoms with Crippen molar-refractivity contribution in [3.8, 4) is 0 Å². The first-order valence-electron chi connectivity index (χ1n) is 20.8. The summed E-state index contributed by atoms with van der Waals surface area (Å²) in [7, 11) is -7.96. The highest BCUT2D eigenvalue weighted by molar-refractivity contribution is 7.90. The summed E-state index contributed by atoms with van der Waals surface area (Å²) >= 11 is 0. The van der Waals surface area contributed by atoms with E-state index < -0.39 is 42.7 Å². The molecule has 0 bridgehead atoms. The van der Waals surface area contributed by atoms with Crippen molar-refractivity contribution in [3.05, 3.63) is 83.6 Å². The molecule has 1 atom stereocenters. The van der Waals surface area contributed by atoms with E-state index in [-0.39, 0.29) is 28.6 Å². The highest BCUT2D eigenvalue weighted by atomic mass is 32.2. The van der Waals surface area contributed by atoms with Crippen molar-refractivity contribution in [1.29, 1.82) is 0 Å². The molecule has 2 heterocycles. The normalized spacial score (nSPS) is 18.2. The molecule has 4 rings (SSSR count). The summed E-state index contributed by atoms with van der Waals surface area (Å²) in [6, 6.07) is 9.84. The van der Waals surface area contributed by atoms with Crippen molar-refractivity contribution in [3.63, 3.8) is 0 Å². The van der Waals surface area contributed by atoms with Crippen LogP contribution in [0.3, 0.4) is 0 Å². The molecule has 0 spiro atoms. The second-order valence-electron chi connectivity index (χ2n) is 16.3. The number of carbonyl (C=O) groups is 3. The van der Waals surface area contributed by atoms with E-state index in [4.69, 9.17) is 9.84 Å². The fraction of sp³-hybridized carbons (Fsp3) is 0.511. The van der Waals surface area contributed by atoms with E-state index in [9.17, 15) is 40.9 Å². The molecule has 15 heteroatoms. The first kappa shape index (κ1) is 48.1. The number of hydrogen-bond donors (Lipinski definition) is 3. The zero-order valence-electron chi connectivity index (χ0n) is 35.5. The number of carboxylic acid groups (broad SMARTS) is 2. The zero-order valence-corrected chi connectivity index (χ0v) is 37.1. The van der Waals surface area contributed by atoms with Crippen LogP contribution in [0.4, 0.5) is 11.4 Å². The van der Waals surface area contributed by atoms with Gasteiger partial charge in [0.1, 0.15) is 6.54 Å². The summed E-state index contributed by atoms with van der Waals surface area (Å²) in [4.78, 5) is 36.6. The lowest BCUT2D eigenvalue weighted by Crippen LogP contribution is -2.29. The summed E-state index contributed by atoms with van der Waals surface area (Å²) in [6.45, 7) is 9.39. The summed E-state index contributed by atoms with van der Waals surface area (Å²) < 4.78 is 66.8. The molecule has 2 aliphatic rings. The summed E-state index contributed by atoms with van der Waals surface area (Å²) in [5.74, 6) is -1.91. The Bertz CT molecular complexity index is 2260. The van der Waals surface area contributed by atoms with Crippen LogP contribution in [0.2, 0.25) is 0 Å². The monoisotopic (exact) mass is 869 g/mol. The number of aliphatic carboxylic acids is 2. The fourth-order valence-electron chi connectivity index (χ4n) is 8.28. The topological polar surface area (TPSA) is 196 Å². The molecular formula is C45H61N2O11S2+. The van der Waals surface area contributed by atoms with Crippen LogP contribution in [-0.2, 0) is 49.9 Å². The molecule has 0 amide bonds. The number of nitrogens with zero attached hydrogens (tertiary/aromatic N) is 2. The third-order valence-corrected chi connectivity index (χ3v) is 13.4. The molecule has 2 aromatic rings. The Morgan fingerprint density at radius 1 is 0.767 bits per heavy atom. The first-order valence-corrected chi connectivity index (χ1v) is 24.1. The van der Waals surface area contributed by atoms with Crippen LogP contribution in [0.15, 0.2) is 82.3 Å². The van der Waals surface area contributed by atoms with Gasteiger partial charge in [-0.15, -0.1) is 0 Å². The lowest BCUT2D eigenvalue weighted by molar-refractivity contribution is -0.438. The van der Waals surface area contributed by atoms with Crippen LogP contribution < -0.4 is 4.90 Å². The van der Waals surface area contributed by atoms with E-state index in [0.717, 1.165) is 53.2 Å². The number of esters is 1. The maximum Gasteiger partial charge on any atom is 0.305 e. The van der Waals surface area contributed by atoms with Gasteiger partial charge in [-0.05, 0) is 108 Å². The molecule has 1 unspecified atom stereocenters. The number of unbranched alkanes of at least 4 members (excludes halogenated alkanes) is 6. The minimum absolute atomic E-state index is 0.0754. The van der Waals surface area contributed by atoms with Gasteiger partial charge in [-0.2, -0.15) is 13.0 Å². The van der Waals surface area contributed by atoms with Gasteiger partial charge in [-0.1, -0.05) is 37.5 Å². The Kier molecular flexibility index (Phi) is 16.6. The SMILES string of the molecule is CCOC(=O)CCCCCN1\C(=C/C=C/C=C/C2=[N+](CCCCCC(=O)O)c3ccc(S(=O)(=O)O)cc3C2(C)C)C(C)(CCCCCC(=O)O)c2cc(S(C)(=O)=O)ccc21. The molecule has 0 fully saturated rings. The van der Waals surface area contributed by atoms with Gasteiger partial charge < -0.3 is 19.8 Å². The average molecular weight is 870 g/mol. The van der Waals surface area contributed by atoms with Crippen LogP contribution in [0, 0.1) is 0 Å². The molecule has 328 valence electrons. The minimum atomic E-state index is -4.44. The molecular weight excluding hydrogens is 809 g/mol. The molecule has 13 nitrogen and oxygen atoms in total. The van der Waals surface area contributed by atoms with Crippen LogP contribution in [-0.4, -0.2) is 85.7 Å². The minimum Gasteiger partial charge on any atom is -0.481 e. The van der Waals surface area contributed by atoms with E-state index in [1.165, 1.54) is 18.4 Å². The Balaban J connectivity index is 1.71. The molecule has 0 aliphatic carbocycles. The maximum absolute atomic E-state index is 12.8. The van der Waals surface area contributed by atoms with Crippen LogP contribution in [0.1, 0.15) is 122 Å². The van der Waals surface area contributed by atoms with Gasteiger partial charge in [-0.3, -0.25) is 18.9 Å². The van der Waals surface area contributed by atoms with Gasteiger partial charge in [0, 0.05) is 73.0 Å². The summed E-state index contributed by atoms with van der Waals surface area (Å²) in [5.41, 5.74) is 3.96. The second-order valence-corrected chi connectivity index (χ2v) is 19.8. The molecule has 0 saturated heterocycles. The van der Waals surface area contributed by atoms with E-state index >= 15 is 0 Å². The molecule has 3 N–H and O–H groups in total. The Hall–Kier alpha value is -4.60. The summed E-state index contributed by atoms with van der Waals surface area (Å²) in [6.07, 6.45) is 18.2. The van der Waals surface area contributed by atoms with Crippen LogP contribution in [0.25, 0.3) is 0 Å². The first-order chi connectivity index (χ1) is 28.2. The van der Waals surface area contributed by atoms with Crippen LogP contribution >= 0.6 is 0 Å². The quantitative estimate of drug-likeness (QED) is 0.0301. The smallest absolute Gasteiger partial charge is 0.305 e. The number of sulfone groups is 1. The fourth-order valence-corrected chi connectivity index (χ4v) is 9.44. The summed E-state index contributed by atoms with van der Waals surface area (Å²) in [5, 5.41) is 18.3. The van der Waals surface area contributed by atoms with Crippen molar-refractivity contribution >= 4 is 54.9 Å². The van der Waals surface area contributed by atoms with Crippen molar-refractivity contribution < 1.29 is 55.3 Å². The van der Waals surface area contributed by atoms with Gasteiger partial charge in [0.15, 0.2) is 15.5 Å². The van der Waals surface area contributed by atoms with Crippen molar-refractivity contribution in [2.24, 2.45) is 0 Å². The molecule has 0 aromatic heterocycles. The number of allylic oxidation sites excluding steroid dienone is 6. The van der Waals surface area contributed by atoms with Crippen molar-refractivity contribution in [2.45, 2.75) is 132 Å². The van der Waals surface area contributed by atoms with Crippen LogP contribution in [0.5, 0.6) is 0 Å². The largest absolute Gasteiger partial charge is 0.481 e. The highest BCUT2D eigenvalue weighted by Gasteiger charge is 2.45. The van der Waals surface area contributed by atoms with Gasteiger partial charge in [0.05, 0.1) is 21.8 Å². The standard InChI is InChI=1S/C45H60N2O11S2/c1-6-58-43(52)23-15-10-18-30-47-38-26-24-33(59(5,53)54)31-36(38)45(4,28-16-8-13-21-41(48)49)40(47)20-12-7-11-19-39-44(2,3)35-32-34(60(55,56)57)25-27-37(35)46(39)29-17-9-14-22-42(50)51/h7,11-12,19-20,24-27,31-32H,6,8-10,13-18,21-23,28-30H2,1-5H3,(H2-,48,49,50,51,55,56,57)/p+1. The van der Waals surface area contributed by atoms with Crippen molar-refractivity contribution in [2.75, 3.05) is 30.9 Å². The molecule has 2 aliphatic heterocycles. The Morgan fingerprint density at radius 2 is 1.38 bits per heavy atom. The van der Waals surface area contributed by atoms with E-state index in [1.807, 2.05) is 50.3 Å². The van der Waals surface area contributed by atoms with Gasteiger partial charge in [0.2, 0.25) is 5.69 Å². The number of benzene rings is 2. The Labute approximate surface area is 355 Å². The van der Waals surface area contributed by atoms with E-state index in [0.29, 0.717) is 71.1 Å². The number of hydrogen-bond acceptors (Lipinski definition) is 9. The number of ether oxygens (including phenoxy) is 1. The lowest BCUT2D eigenvalue weighted by Gasteiger charge is -2.30. The zero-order chi connectivity index (χ0) is 44.3. The number of carboxylic acids is 2. The van der Waals surface area contributed by atoms with Crippen molar-refractivity contribution in [1.82, 2.24) is 0 Å². The Morgan fingerprint density at radius 3 is 2.02 bits per heavy atom. The number of fused-ring (bicyclic) bond motifs is 2. The van der Waals surface area contributed by atoms with E-state index in [1.54, 1.807) is 25.1 Å². The lowest BCUT2D eigenvalue weighted by atomic mass is 9.77. The maximum atomic E-state index is 12.8. The average Bonchev–Trinajstić information content (AvgIpc) is 3.52. The molecule has 2 aromatic carbocycles. The number of anilines is 1. The van der Waals surface area contributed by atoms with E-state index in [2.05, 4.69) is 16.4 Å². The third-order valence-electron chi connectivity index (χ3n) is 11.4. The van der Waals surface area contributed by atoms with Gasteiger partial charge in [0.25, 0.3) is 10.1 Å². The third kappa shape index (κ3) is 12.3. The van der Waals surface area contributed by atoms with Gasteiger partial charge >= 0.3 is 17.9 Å².